The number of likely N-dealkylation sites (tertiary alicyclic amines) is 2. The molecular weight excluding hydrogens is 660 g/mol. The lowest BCUT2D eigenvalue weighted by molar-refractivity contribution is -0.136. The molecule has 3 aromatic carbocycles. The van der Waals surface area contributed by atoms with E-state index in [1.54, 1.807) is 0 Å². The molecule has 0 radical (unpaired) electrons. The molecule has 10 heteroatoms. The summed E-state index contributed by atoms with van der Waals surface area (Å²) in [5.74, 6) is -0.183. The van der Waals surface area contributed by atoms with Gasteiger partial charge in [-0.15, -0.1) is 11.8 Å². The van der Waals surface area contributed by atoms with Gasteiger partial charge in [0.1, 0.15) is 4.75 Å². The monoisotopic (exact) mass is 692 g/mol. The number of aromatic nitrogens is 1. The molecule has 2 N–H and O–H groups in total. The van der Waals surface area contributed by atoms with Gasteiger partial charge in [0.05, 0.1) is 12.5 Å². The smallest absolute Gasteiger partial charge is 0.242 e. The second-order valence-corrected chi connectivity index (χ2v) is 14.5. The lowest BCUT2D eigenvalue weighted by Gasteiger charge is -2.41. The number of amides is 3. The first kappa shape index (κ1) is 30.7. The van der Waals surface area contributed by atoms with Gasteiger partial charge in [0, 0.05) is 69.7 Å². The number of piperidine rings is 1. The molecule has 1 aromatic heterocycles. The average molecular weight is 694 g/mol. The van der Waals surface area contributed by atoms with Gasteiger partial charge in [0.25, 0.3) is 0 Å². The second kappa shape index (κ2) is 12.6. The van der Waals surface area contributed by atoms with Crippen molar-refractivity contribution in [2.45, 2.75) is 61.4 Å². The van der Waals surface area contributed by atoms with E-state index in [0.717, 1.165) is 37.0 Å². The van der Waals surface area contributed by atoms with Crippen LogP contribution in [0, 0.1) is 6.92 Å². The molecule has 3 heterocycles. The Labute approximate surface area is 274 Å². The van der Waals surface area contributed by atoms with E-state index in [9.17, 15) is 9.59 Å². The first-order valence-electron chi connectivity index (χ1n) is 14.8. The summed E-state index contributed by atoms with van der Waals surface area (Å²) >= 11 is 11.4. The number of halogens is 2. The van der Waals surface area contributed by atoms with Gasteiger partial charge in [-0.1, -0.05) is 63.4 Å². The fraction of sp³-hybridized carbons (Fsp3) is 0.324. The van der Waals surface area contributed by atoms with Gasteiger partial charge >= 0.3 is 0 Å². The number of H-pyrrole nitrogens is 1. The van der Waals surface area contributed by atoms with Crippen LogP contribution < -0.4 is 5.32 Å². The zero-order chi connectivity index (χ0) is 31.0. The highest BCUT2D eigenvalue weighted by Gasteiger charge is 2.59. The molecule has 228 valence electrons. The van der Waals surface area contributed by atoms with E-state index < -0.39 is 10.8 Å². The number of benzene rings is 3. The number of thioether (sulfide) groups is 1. The molecule has 44 heavy (non-hydrogen) atoms. The van der Waals surface area contributed by atoms with Crippen LogP contribution in [-0.4, -0.2) is 56.4 Å². The third-order valence-corrected chi connectivity index (χ3v) is 10.8. The molecule has 2 aliphatic rings. The number of nitrogens with zero attached hydrogens (tertiary/aromatic N) is 2. The highest BCUT2D eigenvalue weighted by atomic mass is 79.9. The lowest BCUT2D eigenvalue weighted by Crippen LogP contribution is -2.54. The fourth-order valence-corrected chi connectivity index (χ4v) is 8.38. The molecule has 0 bridgehead atoms. The van der Waals surface area contributed by atoms with Crippen LogP contribution in [-0.2, 0) is 20.9 Å². The van der Waals surface area contributed by atoms with E-state index >= 15 is 4.79 Å². The Hall–Kier alpha value is -3.27. The Morgan fingerprint density at radius 1 is 1.07 bits per heavy atom. The Kier molecular flexibility index (Phi) is 8.81. The Morgan fingerprint density at radius 3 is 2.45 bits per heavy atom. The molecule has 0 spiro atoms. The number of rotatable bonds is 7. The number of aromatic amines is 1. The summed E-state index contributed by atoms with van der Waals surface area (Å²) in [4.78, 5) is 49.0. The number of fused-ring (bicyclic) bond motifs is 1. The summed E-state index contributed by atoms with van der Waals surface area (Å²) in [6, 6.07) is 21.3. The van der Waals surface area contributed by atoms with Crippen molar-refractivity contribution in [2.24, 2.45) is 0 Å². The SMILES string of the molecule is CC(=O)NC1CCN(C(=O)C2(Sc3ccc(C)cc3)CC(=O)N(Cc3ccc(Br)cc3)C2c2c[nH]c3cc(Cl)ccc23)CC1. The van der Waals surface area contributed by atoms with E-state index in [4.69, 9.17) is 11.6 Å². The summed E-state index contributed by atoms with van der Waals surface area (Å²) in [5, 5.41) is 4.55. The maximum atomic E-state index is 15.0. The summed E-state index contributed by atoms with van der Waals surface area (Å²) in [7, 11) is 0. The van der Waals surface area contributed by atoms with Crippen LogP contribution in [0.2, 0.25) is 5.02 Å². The summed E-state index contributed by atoms with van der Waals surface area (Å²) in [5.41, 5.74) is 3.85. The predicted octanol–water partition coefficient (Wildman–Crippen LogP) is 7.02. The lowest BCUT2D eigenvalue weighted by atomic mass is 9.89. The molecule has 2 atom stereocenters. The van der Waals surface area contributed by atoms with Gasteiger partial charge in [-0.3, -0.25) is 14.4 Å². The van der Waals surface area contributed by atoms with Gasteiger partial charge < -0.3 is 20.1 Å². The Balaban J connectivity index is 1.47. The topological polar surface area (TPSA) is 85.5 Å². The van der Waals surface area contributed by atoms with Crippen LogP contribution in [0.3, 0.4) is 0 Å². The number of hydrogen-bond donors (Lipinski definition) is 2. The number of nitrogens with one attached hydrogen (secondary N) is 2. The van der Waals surface area contributed by atoms with Crippen molar-refractivity contribution in [2.75, 3.05) is 13.1 Å². The second-order valence-electron chi connectivity index (χ2n) is 11.7. The molecule has 2 fully saturated rings. The minimum atomic E-state index is -1.13. The summed E-state index contributed by atoms with van der Waals surface area (Å²) < 4.78 is -0.168. The molecular formula is C34H34BrClN4O3S. The quantitative estimate of drug-likeness (QED) is 0.218. The van der Waals surface area contributed by atoms with Gasteiger partial charge in [0.15, 0.2) is 0 Å². The maximum Gasteiger partial charge on any atom is 0.242 e. The van der Waals surface area contributed by atoms with Crippen LogP contribution in [0.5, 0.6) is 0 Å². The molecule has 0 saturated carbocycles. The average Bonchev–Trinajstić information content (AvgIpc) is 3.52. The Bertz CT molecular complexity index is 1700. The first-order chi connectivity index (χ1) is 21.1. The van der Waals surface area contributed by atoms with Gasteiger partial charge in [0.2, 0.25) is 17.7 Å². The van der Waals surface area contributed by atoms with Crippen molar-refractivity contribution >= 4 is 67.9 Å². The highest BCUT2D eigenvalue weighted by Crippen LogP contribution is 2.55. The van der Waals surface area contributed by atoms with Crippen LogP contribution >= 0.6 is 39.3 Å². The van der Waals surface area contributed by atoms with Crippen LogP contribution in [0.15, 0.2) is 82.3 Å². The molecule has 3 amide bonds. The molecule has 4 aromatic rings. The molecule has 7 nitrogen and oxygen atoms in total. The standard InChI is InChI=1S/C34H34BrClN4O3S/c1-21-3-10-27(11-4-21)44-34(33(43)39-15-13-26(14-16-39)38-22(2)41)18-31(42)40(20-23-5-7-24(35)8-6-23)32(34)29-19-37-30-17-25(36)9-12-28(29)30/h3-12,17,19,26,32,37H,13-16,18,20H2,1-2H3,(H,38,41). The molecule has 6 rings (SSSR count). The third kappa shape index (κ3) is 6.14. The van der Waals surface area contributed by atoms with E-state index in [-0.39, 0.29) is 30.2 Å². The molecule has 2 unspecified atom stereocenters. The predicted molar refractivity (Wildman–Crippen MR) is 179 cm³/mol. The van der Waals surface area contributed by atoms with Crippen molar-refractivity contribution < 1.29 is 14.4 Å². The first-order valence-corrected chi connectivity index (χ1v) is 16.7. The normalized spacial score (nSPS) is 20.8. The molecule has 2 aliphatic heterocycles. The van der Waals surface area contributed by atoms with Crippen molar-refractivity contribution in [3.8, 4) is 0 Å². The summed E-state index contributed by atoms with van der Waals surface area (Å²) in [6.07, 6.45) is 3.34. The van der Waals surface area contributed by atoms with E-state index in [2.05, 4.69) is 26.2 Å². The van der Waals surface area contributed by atoms with Crippen LogP contribution in [0.4, 0.5) is 0 Å². The molecule has 2 saturated heterocycles. The maximum absolute atomic E-state index is 15.0. The van der Waals surface area contributed by atoms with Crippen LogP contribution in [0.1, 0.15) is 48.9 Å². The highest BCUT2D eigenvalue weighted by molar-refractivity contribution is 9.10. The number of hydrogen-bond acceptors (Lipinski definition) is 4. The zero-order valence-corrected chi connectivity index (χ0v) is 27.8. The number of carbonyl (C=O) groups excluding carboxylic acids is 3. The van der Waals surface area contributed by atoms with Gasteiger partial charge in [-0.05, 0) is 61.7 Å². The summed E-state index contributed by atoms with van der Waals surface area (Å²) in [6.45, 7) is 4.95. The van der Waals surface area contributed by atoms with E-state index in [1.807, 2.05) is 89.7 Å². The fourth-order valence-electron chi connectivity index (χ4n) is 6.48. The van der Waals surface area contributed by atoms with Crippen LogP contribution in [0.25, 0.3) is 10.9 Å². The van der Waals surface area contributed by atoms with Crippen molar-refractivity contribution in [3.05, 3.63) is 99.1 Å². The van der Waals surface area contributed by atoms with Gasteiger partial charge in [-0.25, -0.2) is 0 Å². The van der Waals surface area contributed by atoms with Crippen molar-refractivity contribution in [1.82, 2.24) is 20.1 Å². The minimum absolute atomic E-state index is 0.0329. The van der Waals surface area contributed by atoms with E-state index in [1.165, 1.54) is 18.7 Å². The van der Waals surface area contributed by atoms with E-state index in [0.29, 0.717) is 37.5 Å². The molecule has 0 aliphatic carbocycles. The largest absolute Gasteiger partial charge is 0.361 e. The minimum Gasteiger partial charge on any atom is -0.361 e. The number of carbonyl (C=O) groups is 3. The zero-order valence-electron chi connectivity index (χ0n) is 24.6. The Morgan fingerprint density at radius 2 is 1.77 bits per heavy atom. The third-order valence-electron chi connectivity index (χ3n) is 8.60. The van der Waals surface area contributed by atoms with Gasteiger partial charge in [-0.2, -0.15) is 0 Å². The van der Waals surface area contributed by atoms with Crippen molar-refractivity contribution in [1.29, 1.82) is 0 Å². The number of aryl methyl sites for hydroxylation is 1. The van der Waals surface area contributed by atoms with Crippen molar-refractivity contribution in [3.63, 3.8) is 0 Å².